The van der Waals surface area contributed by atoms with E-state index in [1.54, 1.807) is 24.3 Å². The van der Waals surface area contributed by atoms with Gasteiger partial charge in [-0.3, -0.25) is 0 Å². The number of benzene rings is 2. The molecular formula is C29H32F2O. The summed E-state index contributed by atoms with van der Waals surface area (Å²) in [5.41, 5.74) is 2.46. The Morgan fingerprint density at radius 3 is 1.78 bits per heavy atom. The van der Waals surface area contributed by atoms with Gasteiger partial charge in [0, 0.05) is 11.1 Å². The maximum absolute atomic E-state index is 14.0. The van der Waals surface area contributed by atoms with E-state index in [2.05, 4.69) is 37.5 Å². The lowest BCUT2D eigenvalue weighted by molar-refractivity contribution is 0.306. The summed E-state index contributed by atoms with van der Waals surface area (Å²) in [6.07, 6.45) is 9.17. The number of unbranched alkanes of at least 4 members (excludes halogenated alkanes) is 5. The summed E-state index contributed by atoms with van der Waals surface area (Å²) in [5, 5.41) is 0. The molecular weight excluding hydrogens is 402 g/mol. The fourth-order valence-electron chi connectivity index (χ4n) is 3.05. The van der Waals surface area contributed by atoms with Crippen molar-refractivity contribution in [3.05, 3.63) is 76.9 Å². The monoisotopic (exact) mass is 434 g/mol. The van der Waals surface area contributed by atoms with Crippen LogP contribution in [0.5, 0.6) is 5.75 Å². The molecule has 0 radical (unpaired) electrons. The van der Waals surface area contributed by atoms with Crippen molar-refractivity contribution in [1.29, 1.82) is 0 Å². The summed E-state index contributed by atoms with van der Waals surface area (Å²) in [5.74, 6) is 8.12. The Kier molecular flexibility index (Phi) is 11.7. The van der Waals surface area contributed by atoms with Gasteiger partial charge in [0.2, 0.25) is 11.7 Å². The lowest BCUT2D eigenvalue weighted by Gasteiger charge is -2.05. The van der Waals surface area contributed by atoms with Gasteiger partial charge >= 0.3 is 0 Å². The molecule has 0 spiro atoms. The van der Waals surface area contributed by atoms with Crippen molar-refractivity contribution in [3.8, 4) is 29.4 Å². The van der Waals surface area contributed by atoms with E-state index < -0.39 is 11.7 Å². The van der Waals surface area contributed by atoms with Gasteiger partial charge in [-0.05, 0) is 73.1 Å². The van der Waals surface area contributed by atoms with Crippen LogP contribution in [0.25, 0.3) is 0 Å². The summed E-state index contributed by atoms with van der Waals surface area (Å²) in [7, 11) is 0. The normalized spacial score (nSPS) is 11.0. The van der Waals surface area contributed by atoms with Gasteiger partial charge in [0.15, 0.2) is 0 Å². The highest BCUT2D eigenvalue weighted by molar-refractivity contribution is 5.46. The summed E-state index contributed by atoms with van der Waals surface area (Å²) in [6.45, 7) is 5.00. The van der Waals surface area contributed by atoms with E-state index in [9.17, 15) is 8.78 Å². The van der Waals surface area contributed by atoms with Crippen molar-refractivity contribution in [2.24, 2.45) is 0 Å². The zero-order chi connectivity index (χ0) is 23.0. The number of hydrogen-bond donors (Lipinski definition) is 0. The Morgan fingerprint density at radius 1 is 0.688 bits per heavy atom. The van der Waals surface area contributed by atoms with Gasteiger partial charge in [0.1, 0.15) is 5.75 Å². The zero-order valence-electron chi connectivity index (χ0n) is 19.1. The Morgan fingerprint density at radius 2 is 1.22 bits per heavy atom. The number of aryl methyl sites for hydroxylation is 1. The minimum absolute atomic E-state index is 0.580. The van der Waals surface area contributed by atoms with E-state index in [1.165, 1.54) is 24.8 Å². The standard InChI is InChI=1S/C29H32F2O/c1-3-5-7-8-10-24-11-13-25(14-12-24)17-21-28(30)29(31)22-18-26-15-19-27(20-16-26)32-23-9-6-4-2/h11-16,19-20H,3-10,23H2,1-2H3. The molecule has 2 rings (SSSR count). The van der Waals surface area contributed by atoms with E-state index in [0.717, 1.165) is 37.9 Å². The van der Waals surface area contributed by atoms with Gasteiger partial charge in [0.05, 0.1) is 6.61 Å². The maximum atomic E-state index is 14.0. The Balaban J connectivity index is 1.91. The highest BCUT2D eigenvalue weighted by atomic mass is 19.2. The number of allylic oxidation sites excluding steroid dienone is 2. The summed E-state index contributed by atoms with van der Waals surface area (Å²) in [4.78, 5) is 0. The molecule has 0 bridgehead atoms. The number of halogens is 2. The van der Waals surface area contributed by atoms with Crippen LogP contribution in [0.3, 0.4) is 0 Å². The third-order valence-electron chi connectivity index (χ3n) is 4.97. The summed E-state index contributed by atoms with van der Waals surface area (Å²) >= 11 is 0. The lowest BCUT2D eigenvalue weighted by atomic mass is 10.0. The van der Waals surface area contributed by atoms with E-state index in [-0.39, 0.29) is 0 Å². The van der Waals surface area contributed by atoms with Gasteiger partial charge in [-0.1, -0.05) is 69.9 Å². The molecule has 2 aromatic rings. The fourth-order valence-corrected chi connectivity index (χ4v) is 3.05. The highest BCUT2D eigenvalue weighted by Gasteiger charge is 2.00. The van der Waals surface area contributed by atoms with Crippen molar-refractivity contribution < 1.29 is 13.5 Å². The molecule has 0 aromatic heterocycles. The topological polar surface area (TPSA) is 9.23 Å². The molecule has 0 heterocycles. The Labute approximate surface area is 191 Å². The lowest BCUT2D eigenvalue weighted by Crippen LogP contribution is -1.96. The smallest absolute Gasteiger partial charge is 0.217 e. The highest BCUT2D eigenvalue weighted by Crippen LogP contribution is 2.14. The molecule has 0 fully saturated rings. The van der Waals surface area contributed by atoms with Crippen LogP contribution in [0.15, 0.2) is 60.2 Å². The number of ether oxygens (including phenoxy) is 1. The molecule has 1 nitrogen and oxygen atoms in total. The predicted molar refractivity (Wildman–Crippen MR) is 129 cm³/mol. The number of hydrogen-bond acceptors (Lipinski definition) is 1. The zero-order valence-corrected chi connectivity index (χ0v) is 19.1. The molecule has 0 unspecified atom stereocenters. The molecule has 0 atom stereocenters. The van der Waals surface area contributed by atoms with Crippen LogP contribution in [0.4, 0.5) is 8.78 Å². The van der Waals surface area contributed by atoms with E-state index in [1.807, 2.05) is 24.3 Å². The van der Waals surface area contributed by atoms with Gasteiger partial charge in [-0.25, -0.2) is 0 Å². The molecule has 0 aliphatic rings. The first kappa shape index (κ1) is 25.2. The quantitative estimate of drug-likeness (QED) is 0.272. The summed E-state index contributed by atoms with van der Waals surface area (Å²) in [6, 6.07) is 14.7. The number of rotatable bonds is 10. The van der Waals surface area contributed by atoms with Crippen LogP contribution in [0.2, 0.25) is 0 Å². The van der Waals surface area contributed by atoms with Crippen LogP contribution < -0.4 is 4.74 Å². The van der Waals surface area contributed by atoms with Crippen molar-refractivity contribution in [2.45, 2.75) is 65.2 Å². The first-order chi connectivity index (χ1) is 15.6. The second-order valence-corrected chi connectivity index (χ2v) is 7.72. The molecule has 168 valence electrons. The van der Waals surface area contributed by atoms with Crippen molar-refractivity contribution in [2.75, 3.05) is 6.61 Å². The molecule has 0 aliphatic heterocycles. The van der Waals surface area contributed by atoms with Gasteiger partial charge in [-0.2, -0.15) is 8.78 Å². The van der Waals surface area contributed by atoms with Gasteiger partial charge in [0.25, 0.3) is 0 Å². The van der Waals surface area contributed by atoms with E-state index in [4.69, 9.17) is 4.74 Å². The van der Waals surface area contributed by atoms with Crippen LogP contribution in [0, 0.1) is 23.7 Å². The SMILES string of the molecule is CCCCCCc1ccc(C#CC(F)=C(F)C#Cc2ccc(OCCCCC)cc2)cc1. The minimum Gasteiger partial charge on any atom is -0.494 e. The first-order valence-corrected chi connectivity index (χ1v) is 11.5. The van der Waals surface area contributed by atoms with E-state index >= 15 is 0 Å². The molecule has 0 saturated heterocycles. The average Bonchev–Trinajstić information content (AvgIpc) is 2.83. The molecule has 0 N–H and O–H groups in total. The van der Waals surface area contributed by atoms with Crippen LogP contribution in [-0.2, 0) is 6.42 Å². The first-order valence-electron chi connectivity index (χ1n) is 11.5. The van der Waals surface area contributed by atoms with Crippen molar-refractivity contribution in [1.82, 2.24) is 0 Å². The molecule has 0 amide bonds. The minimum atomic E-state index is -1.16. The predicted octanol–water partition coefficient (Wildman–Crippen LogP) is 7.93. The summed E-state index contributed by atoms with van der Waals surface area (Å²) < 4.78 is 33.6. The van der Waals surface area contributed by atoms with Gasteiger partial charge in [-0.15, -0.1) is 0 Å². The third kappa shape index (κ3) is 9.84. The van der Waals surface area contributed by atoms with E-state index in [0.29, 0.717) is 17.7 Å². The molecule has 0 aliphatic carbocycles. The van der Waals surface area contributed by atoms with Gasteiger partial charge < -0.3 is 4.74 Å². The third-order valence-corrected chi connectivity index (χ3v) is 4.97. The molecule has 2 aromatic carbocycles. The maximum Gasteiger partial charge on any atom is 0.217 e. The average molecular weight is 435 g/mol. The van der Waals surface area contributed by atoms with Crippen LogP contribution >= 0.6 is 0 Å². The van der Waals surface area contributed by atoms with Crippen molar-refractivity contribution in [3.63, 3.8) is 0 Å². The largest absolute Gasteiger partial charge is 0.494 e. The molecule has 0 saturated carbocycles. The second-order valence-electron chi connectivity index (χ2n) is 7.72. The second kappa shape index (κ2) is 14.9. The Hall–Kier alpha value is -3.04. The molecule has 32 heavy (non-hydrogen) atoms. The molecule has 3 heteroatoms. The fraction of sp³-hybridized carbons (Fsp3) is 0.379. The van der Waals surface area contributed by atoms with Crippen molar-refractivity contribution >= 4 is 0 Å². The Bertz CT molecular complexity index is 883. The van der Waals surface area contributed by atoms with Crippen LogP contribution in [0.1, 0.15) is 75.5 Å². The van der Waals surface area contributed by atoms with Crippen LogP contribution in [-0.4, -0.2) is 6.61 Å².